The van der Waals surface area contributed by atoms with E-state index in [-0.39, 0.29) is 19.0 Å². The number of para-hydroxylation sites is 2. The highest BCUT2D eigenvalue weighted by atomic mass is 35.5. The Bertz CT molecular complexity index is 1360. The van der Waals surface area contributed by atoms with E-state index < -0.39 is 11.1 Å². The first-order chi connectivity index (χ1) is 16.0. The summed E-state index contributed by atoms with van der Waals surface area (Å²) in [6.45, 7) is 0.454. The molecule has 0 fully saturated rings. The number of fused-ring (bicyclic) bond motifs is 1. The van der Waals surface area contributed by atoms with Gasteiger partial charge in [-0.15, -0.1) is 0 Å². The van der Waals surface area contributed by atoms with Gasteiger partial charge in [-0.1, -0.05) is 35.9 Å². The fourth-order valence-electron chi connectivity index (χ4n) is 3.49. The summed E-state index contributed by atoms with van der Waals surface area (Å²) in [5, 5.41) is 3.41. The van der Waals surface area contributed by atoms with E-state index in [0.717, 1.165) is 17.1 Å². The number of rotatable bonds is 9. The van der Waals surface area contributed by atoms with Crippen LogP contribution < -0.4 is 16.4 Å². The van der Waals surface area contributed by atoms with Crippen LogP contribution in [0, 0.1) is 0 Å². The van der Waals surface area contributed by atoms with Crippen LogP contribution in [0.2, 0.25) is 5.02 Å². The maximum Gasteiger partial charge on any atom is 0.317 e. The van der Waals surface area contributed by atoms with E-state index in [1.54, 1.807) is 54.4 Å². The van der Waals surface area contributed by atoms with Crippen molar-refractivity contribution in [1.29, 1.82) is 0 Å². The number of amides is 1. The average Bonchev–Trinajstić information content (AvgIpc) is 3.34. The number of nitrogens with one attached hydrogen (secondary N) is 1. The maximum absolute atomic E-state index is 12.9. The Morgan fingerprint density at radius 3 is 2.33 bits per heavy atom. The van der Waals surface area contributed by atoms with Crippen molar-refractivity contribution in [2.24, 2.45) is 0 Å². The summed E-state index contributed by atoms with van der Waals surface area (Å²) >= 11 is 7.58. The van der Waals surface area contributed by atoms with Gasteiger partial charge in [0.2, 0.25) is 5.91 Å². The van der Waals surface area contributed by atoms with Gasteiger partial charge in [-0.05, 0) is 42.0 Å². The van der Waals surface area contributed by atoms with Crippen molar-refractivity contribution in [2.75, 3.05) is 12.3 Å². The molecular formula is C24H22ClN3O4S. The first-order valence-corrected chi connectivity index (χ1v) is 11.9. The van der Waals surface area contributed by atoms with Gasteiger partial charge in [0.05, 0.1) is 29.6 Å². The smallest absolute Gasteiger partial charge is 0.317 e. The second kappa shape index (κ2) is 10.6. The Kier molecular flexibility index (Phi) is 7.36. The lowest BCUT2D eigenvalue weighted by Crippen LogP contribution is -2.44. The molecule has 0 saturated carbocycles. The first kappa shape index (κ1) is 22.9. The van der Waals surface area contributed by atoms with Crippen LogP contribution in [0.5, 0.6) is 0 Å². The lowest BCUT2D eigenvalue weighted by Gasteiger charge is -2.15. The minimum Gasteiger partial charge on any atom is -0.468 e. The lowest BCUT2D eigenvalue weighted by molar-refractivity contribution is -0.121. The third-order valence-electron chi connectivity index (χ3n) is 5.09. The number of carbonyl (C=O) groups is 1. The summed E-state index contributed by atoms with van der Waals surface area (Å²) in [7, 11) is 0. The number of thioether (sulfide) groups is 1. The van der Waals surface area contributed by atoms with Crippen LogP contribution in [-0.4, -0.2) is 27.3 Å². The highest BCUT2D eigenvalue weighted by Gasteiger charge is 2.15. The molecule has 0 unspecified atom stereocenters. The topological polar surface area (TPSA) is 86.2 Å². The number of carbonyl (C=O) groups excluding carboxylic acids is 1. The van der Waals surface area contributed by atoms with Crippen molar-refractivity contribution >= 4 is 40.3 Å². The molecule has 0 aliphatic rings. The van der Waals surface area contributed by atoms with Crippen molar-refractivity contribution in [3.63, 3.8) is 0 Å². The molecule has 0 aliphatic heterocycles. The Morgan fingerprint density at radius 1 is 0.939 bits per heavy atom. The molecule has 1 N–H and O–H groups in total. The van der Waals surface area contributed by atoms with Crippen LogP contribution in [0.1, 0.15) is 11.3 Å². The van der Waals surface area contributed by atoms with Crippen molar-refractivity contribution in [3.05, 3.63) is 104 Å². The van der Waals surface area contributed by atoms with E-state index in [1.807, 2.05) is 24.3 Å². The number of hydrogen-bond donors (Lipinski definition) is 1. The molecule has 0 aliphatic carbocycles. The van der Waals surface area contributed by atoms with Crippen molar-refractivity contribution in [3.8, 4) is 0 Å². The highest BCUT2D eigenvalue weighted by Crippen LogP contribution is 2.15. The van der Waals surface area contributed by atoms with Crippen molar-refractivity contribution in [2.45, 2.75) is 18.8 Å². The third-order valence-corrected chi connectivity index (χ3v) is 6.32. The summed E-state index contributed by atoms with van der Waals surface area (Å²) in [6, 6.07) is 17.9. The Labute approximate surface area is 199 Å². The molecule has 0 radical (unpaired) electrons. The second-order valence-corrected chi connectivity index (χ2v) is 8.92. The van der Waals surface area contributed by atoms with Crippen LogP contribution in [0.3, 0.4) is 0 Å². The number of aromatic nitrogens is 2. The SMILES string of the molecule is O=C(Cn1c(=O)c(=O)n(Cc2ccc(Cl)cc2)c2ccccc21)NCCSCc1ccco1. The van der Waals surface area contributed by atoms with Gasteiger partial charge in [-0.2, -0.15) is 11.8 Å². The fraction of sp³-hybridized carbons (Fsp3) is 0.208. The van der Waals surface area contributed by atoms with E-state index in [4.69, 9.17) is 16.0 Å². The first-order valence-electron chi connectivity index (χ1n) is 10.4. The Balaban J connectivity index is 1.49. The molecule has 7 nitrogen and oxygen atoms in total. The van der Waals surface area contributed by atoms with Crippen molar-refractivity contribution < 1.29 is 9.21 Å². The fourth-order valence-corrected chi connectivity index (χ4v) is 4.37. The monoisotopic (exact) mass is 483 g/mol. The van der Waals surface area contributed by atoms with E-state index in [2.05, 4.69) is 5.32 Å². The molecule has 0 bridgehead atoms. The van der Waals surface area contributed by atoms with Gasteiger partial charge in [-0.25, -0.2) is 0 Å². The van der Waals surface area contributed by atoms with E-state index in [0.29, 0.717) is 28.4 Å². The van der Waals surface area contributed by atoms with Gasteiger partial charge in [0.15, 0.2) is 0 Å². The third kappa shape index (κ3) is 5.58. The number of benzene rings is 2. The van der Waals surface area contributed by atoms with Gasteiger partial charge in [-0.3, -0.25) is 23.5 Å². The standard InChI is InChI=1S/C24H22ClN3O4S/c25-18-9-7-17(8-10-18)14-27-20-5-1-2-6-21(20)28(24(31)23(27)30)15-22(29)26-11-13-33-16-19-4-3-12-32-19/h1-10,12H,11,13-16H2,(H,26,29). The summed E-state index contributed by atoms with van der Waals surface area (Å²) in [6.07, 6.45) is 1.63. The molecule has 170 valence electrons. The summed E-state index contributed by atoms with van der Waals surface area (Å²) in [5.74, 6) is 1.98. The molecule has 2 aromatic carbocycles. The molecule has 1 amide bonds. The van der Waals surface area contributed by atoms with Crippen LogP contribution in [0.25, 0.3) is 11.0 Å². The summed E-state index contributed by atoms with van der Waals surface area (Å²) < 4.78 is 7.94. The van der Waals surface area contributed by atoms with E-state index in [1.165, 1.54) is 9.13 Å². The van der Waals surface area contributed by atoms with Crippen molar-refractivity contribution in [1.82, 2.24) is 14.5 Å². The average molecular weight is 484 g/mol. The van der Waals surface area contributed by atoms with E-state index >= 15 is 0 Å². The second-order valence-electron chi connectivity index (χ2n) is 7.38. The Hall–Kier alpha value is -3.23. The summed E-state index contributed by atoms with van der Waals surface area (Å²) in [4.78, 5) is 38.3. The Morgan fingerprint density at radius 2 is 1.64 bits per heavy atom. The zero-order chi connectivity index (χ0) is 23.2. The van der Waals surface area contributed by atoms with Gasteiger partial charge in [0.25, 0.3) is 0 Å². The molecule has 0 spiro atoms. The number of halogens is 1. The zero-order valence-corrected chi connectivity index (χ0v) is 19.3. The number of nitrogens with zero attached hydrogens (tertiary/aromatic N) is 2. The quantitative estimate of drug-likeness (QED) is 0.291. The highest BCUT2D eigenvalue weighted by molar-refractivity contribution is 7.98. The van der Waals surface area contributed by atoms with Crippen LogP contribution >= 0.6 is 23.4 Å². The molecule has 2 heterocycles. The molecule has 0 saturated heterocycles. The van der Waals surface area contributed by atoms with Gasteiger partial charge >= 0.3 is 11.1 Å². The largest absolute Gasteiger partial charge is 0.468 e. The van der Waals surface area contributed by atoms with Gasteiger partial charge in [0.1, 0.15) is 12.3 Å². The molecule has 4 aromatic rings. The predicted molar refractivity (Wildman–Crippen MR) is 131 cm³/mol. The zero-order valence-electron chi connectivity index (χ0n) is 17.7. The number of furan rings is 1. The van der Waals surface area contributed by atoms with Gasteiger partial charge < -0.3 is 9.73 Å². The van der Waals surface area contributed by atoms with Crippen LogP contribution in [0.15, 0.2) is 80.9 Å². The molecule has 4 rings (SSSR count). The lowest BCUT2D eigenvalue weighted by atomic mass is 10.2. The number of hydrogen-bond acceptors (Lipinski definition) is 5. The van der Waals surface area contributed by atoms with Crippen LogP contribution in [0.4, 0.5) is 0 Å². The van der Waals surface area contributed by atoms with Crippen LogP contribution in [-0.2, 0) is 23.6 Å². The normalized spacial score (nSPS) is 11.1. The molecule has 9 heteroatoms. The van der Waals surface area contributed by atoms with E-state index in [9.17, 15) is 14.4 Å². The minimum absolute atomic E-state index is 0.223. The minimum atomic E-state index is -0.731. The predicted octanol–water partition coefficient (Wildman–Crippen LogP) is 3.51. The molecule has 2 aromatic heterocycles. The maximum atomic E-state index is 12.9. The van der Waals surface area contributed by atoms with Gasteiger partial charge in [0, 0.05) is 17.3 Å². The summed E-state index contributed by atoms with van der Waals surface area (Å²) in [5.41, 5.74) is 0.543. The molecular weight excluding hydrogens is 462 g/mol. The molecule has 0 atom stereocenters. The molecule has 33 heavy (non-hydrogen) atoms.